The van der Waals surface area contributed by atoms with Gasteiger partial charge in [0, 0.05) is 11.9 Å². The first kappa shape index (κ1) is 10.8. The average molecular weight is 229 g/mol. The van der Waals surface area contributed by atoms with Crippen molar-refractivity contribution in [3.05, 3.63) is 24.0 Å². The smallest absolute Gasteiger partial charge is 0.257 e. The van der Waals surface area contributed by atoms with Crippen LogP contribution in [0, 0.1) is 12.3 Å². The van der Waals surface area contributed by atoms with Crippen LogP contribution in [0.5, 0.6) is 0 Å². The van der Waals surface area contributed by atoms with E-state index in [9.17, 15) is 4.79 Å². The van der Waals surface area contributed by atoms with Crippen LogP contribution in [0.2, 0.25) is 0 Å². The van der Waals surface area contributed by atoms with E-state index in [4.69, 9.17) is 29.6 Å². The zero-order chi connectivity index (χ0) is 10.6. The van der Waals surface area contributed by atoms with Crippen molar-refractivity contribution in [2.24, 2.45) is 0 Å². The fourth-order valence-electron chi connectivity index (χ4n) is 0.784. The molecule has 0 fully saturated rings. The normalized spacial score (nSPS) is 9.57. The maximum absolute atomic E-state index is 11.1. The monoisotopic (exact) mass is 228 g/mol. The third-order valence-corrected chi connectivity index (χ3v) is 1.77. The number of pyridine rings is 1. The molecule has 3 nitrogen and oxygen atoms in total. The Hall–Kier alpha value is -1.24. The standard InChI is InChI=1S/C9H6Cl2N2O/c1-2-6-5-7(3-4-12-6)13-9(14)8(10)11/h1,3-5,8H,(H,12,13,14). The van der Waals surface area contributed by atoms with Crippen molar-refractivity contribution < 1.29 is 4.79 Å². The predicted octanol–water partition coefficient (Wildman–Crippen LogP) is 1.81. The molecule has 5 heteroatoms. The number of hydrogen-bond donors (Lipinski definition) is 1. The van der Waals surface area contributed by atoms with Crippen LogP contribution >= 0.6 is 23.2 Å². The molecule has 0 bridgehead atoms. The fourth-order valence-corrected chi connectivity index (χ4v) is 0.893. The topological polar surface area (TPSA) is 42.0 Å². The van der Waals surface area contributed by atoms with E-state index < -0.39 is 10.7 Å². The summed E-state index contributed by atoms with van der Waals surface area (Å²) in [5.41, 5.74) is 0.952. The summed E-state index contributed by atoms with van der Waals surface area (Å²) in [6, 6.07) is 3.14. The largest absolute Gasteiger partial charge is 0.324 e. The van der Waals surface area contributed by atoms with Gasteiger partial charge in [-0.05, 0) is 12.1 Å². The van der Waals surface area contributed by atoms with Gasteiger partial charge >= 0.3 is 0 Å². The number of aromatic nitrogens is 1. The molecular formula is C9H6Cl2N2O. The van der Waals surface area contributed by atoms with Crippen molar-refractivity contribution in [3.63, 3.8) is 0 Å². The first-order chi connectivity index (χ1) is 6.63. The van der Waals surface area contributed by atoms with Gasteiger partial charge in [-0.1, -0.05) is 29.1 Å². The number of halogens is 2. The highest BCUT2D eigenvalue weighted by molar-refractivity contribution is 6.54. The summed E-state index contributed by atoms with van der Waals surface area (Å²) in [5.74, 6) is 1.84. The Kier molecular flexibility index (Phi) is 3.75. The predicted molar refractivity (Wildman–Crippen MR) is 56.3 cm³/mol. The van der Waals surface area contributed by atoms with Gasteiger partial charge in [0.25, 0.3) is 5.91 Å². The number of alkyl halides is 2. The molecule has 0 aliphatic heterocycles. The molecule has 1 N–H and O–H groups in total. The lowest BCUT2D eigenvalue weighted by Crippen LogP contribution is -2.18. The summed E-state index contributed by atoms with van der Waals surface area (Å²) in [6.07, 6.45) is 6.62. The second kappa shape index (κ2) is 4.85. The lowest BCUT2D eigenvalue weighted by Gasteiger charge is -2.04. The van der Waals surface area contributed by atoms with Crippen LogP contribution in [0.3, 0.4) is 0 Å². The SMILES string of the molecule is C#Cc1cc(NC(=O)C(Cl)Cl)ccn1. The molecule has 0 aromatic carbocycles. The lowest BCUT2D eigenvalue weighted by atomic mass is 10.3. The van der Waals surface area contributed by atoms with Crippen LogP contribution < -0.4 is 5.32 Å². The van der Waals surface area contributed by atoms with Gasteiger partial charge in [-0.15, -0.1) is 6.42 Å². The molecule has 0 spiro atoms. The van der Waals surface area contributed by atoms with Crippen molar-refractivity contribution in [1.29, 1.82) is 0 Å². The van der Waals surface area contributed by atoms with E-state index in [0.717, 1.165) is 0 Å². The number of nitrogens with one attached hydrogen (secondary N) is 1. The quantitative estimate of drug-likeness (QED) is 0.620. The molecule has 0 radical (unpaired) electrons. The molecule has 0 aliphatic rings. The molecule has 1 rings (SSSR count). The molecule has 0 unspecified atom stereocenters. The Morgan fingerprint density at radius 2 is 2.36 bits per heavy atom. The number of rotatable bonds is 2. The first-order valence-corrected chi connectivity index (χ1v) is 4.52. The minimum absolute atomic E-state index is 0.434. The van der Waals surface area contributed by atoms with Gasteiger partial charge in [0.05, 0.1) is 0 Å². The fraction of sp³-hybridized carbons (Fsp3) is 0.111. The summed E-state index contributed by atoms with van der Waals surface area (Å²) >= 11 is 10.7. The van der Waals surface area contributed by atoms with E-state index in [1.807, 2.05) is 0 Å². The van der Waals surface area contributed by atoms with Crippen molar-refractivity contribution in [2.45, 2.75) is 4.84 Å². The average Bonchev–Trinajstić information content (AvgIpc) is 2.18. The van der Waals surface area contributed by atoms with Gasteiger partial charge in [0.2, 0.25) is 0 Å². The minimum atomic E-state index is -1.10. The molecule has 1 heterocycles. The van der Waals surface area contributed by atoms with E-state index in [0.29, 0.717) is 11.4 Å². The van der Waals surface area contributed by atoms with Gasteiger partial charge in [0.15, 0.2) is 4.84 Å². The van der Waals surface area contributed by atoms with Crippen molar-refractivity contribution >= 4 is 34.8 Å². The molecular weight excluding hydrogens is 223 g/mol. The Balaban J connectivity index is 2.78. The van der Waals surface area contributed by atoms with E-state index in [1.165, 1.54) is 6.20 Å². The minimum Gasteiger partial charge on any atom is -0.324 e. The zero-order valence-corrected chi connectivity index (χ0v) is 8.51. The zero-order valence-electron chi connectivity index (χ0n) is 7.00. The summed E-state index contributed by atoms with van der Waals surface area (Å²) < 4.78 is 0. The van der Waals surface area contributed by atoms with Crippen LogP contribution in [0.15, 0.2) is 18.3 Å². The van der Waals surface area contributed by atoms with Crippen molar-refractivity contribution in [2.75, 3.05) is 5.32 Å². The third-order valence-electron chi connectivity index (χ3n) is 1.37. The summed E-state index contributed by atoms with van der Waals surface area (Å²) in [4.78, 5) is 13.8. The Bertz CT molecular complexity index is 385. The number of carbonyl (C=O) groups excluding carboxylic acids is 1. The molecule has 0 atom stereocenters. The number of hydrogen-bond acceptors (Lipinski definition) is 2. The highest BCUT2D eigenvalue weighted by Crippen LogP contribution is 2.10. The number of nitrogens with zero attached hydrogens (tertiary/aromatic N) is 1. The van der Waals surface area contributed by atoms with Crippen molar-refractivity contribution in [3.8, 4) is 12.3 Å². The molecule has 72 valence electrons. The molecule has 0 saturated heterocycles. The van der Waals surface area contributed by atoms with Crippen molar-refractivity contribution in [1.82, 2.24) is 4.98 Å². The summed E-state index contributed by atoms with van der Waals surface area (Å²) in [7, 11) is 0. The van der Waals surface area contributed by atoms with Gasteiger partial charge in [-0.3, -0.25) is 4.79 Å². The van der Waals surface area contributed by atoms with E-state index in [-0.39, 0.29) is 0 Å². The van der Waals surface area contributed by atoms with Crippen LogP contribution in [-0.2, 0) is 4.79 Å². The van der Waals surface area contributed by atoms with Crippen LogP contribution in [-0.4, -0.2) is 15.7 Å². The Labute approximate surface area is 91.4 Å². The first-order valence-electron chi connectivity index (χ1n) is 3.65. The second-order valence-electron chi connectivity index (χ2n) is 2.36. The number of terminal acetylenes is 1. The molecule has 0 saturated carbocycles. The Morgan fingerprint density at radius 1 is 1.64 bits per heavy atom. The Morgan fingerprint density at radius 3 is 2.93 bits per heavy atom. The number of amides is 1. The van der Waals surface area contributed by atoms with Crippen LogP contribution in [0.4, 0.5) is 5.69 Å². The molecule has 14 heavy (non-hydrogen) atoms. The molecule has 1 aromatic rings. The molecule has 1 aromatic heterocycles. The maximum atomic E-state index is 11.1. The molecule has 1 amide bonds. The van der Waals surface area contributed by atoms with E-state index in [1.54, 1.807) is 12.1 Å². The second-order valence-corrected chi connectivity index (χ2v) is 3.46. The third kappa shape index (κ3) is 2.91. The van der Waals surface area contributed by atoms with E-state index in [2.05, 4.69) is 16.2 Å². The van der Waals surface area contributed by atoms with Gasteiger partial charge in [0.1, 0.15) is 5.69 Å². The van der Waals surface area contributed by atoms with E-state index >= 15 is 0 Å². The maximum Gasteiger partial charge on any atom is 0.257 e. The highest BCUT2D eigenvalue weighted by atomic mass is 35.5. The van der Waals surface area contributed by atoms with Crippen LogP contribution in [0.25, 0.3) is 0 Å². The van der Waals surface area contributed by atoms with Crippen LogP contribution in [0.1, 0.15) is 5.69 Å². The summed E-state index contributed by atoms with van der Waals surface area (Å²) in [5, 5.41) is 2.48. The van der Waals surface area contributed by atoms with Gasteiger partial charge in [-0.2, -0.15) is 0 Å². The number of anilines is 1. The lowest BCUT2D eigenvalue weighted by molar-refractivity contribution is -0.114. The highest BCUT2D eigenvalue weighted by Gasteiger charge is 2.11. The number of carbonyl (C=O) groups is 1. The van der Waals surface area contributed by atoms with Gasteiger partial charge in [-0.25, -0.2) is 4.98 Å². The summed E-state index contributed by atoms with van der Waals surface area (Å²) in [6.45, 7) is 0. The molecule has 0 aliphatic carbocycles. The van der Waals surface area contributed by atoms with Gasteiger partial charge < -0.3 is 5.32 Å².